The van der Waals surface area contributed by atoms with Gasteiger partial charge in [0.25, 0.3) is 11.6 Å². The molecule has 154 valence electrons. The molecule has 1 N–H and O–H groups in total. The normalized spacial score (nSPS) is 10.5. The molecule has 0 radical (unpaired) electrons. The molecule has 0 fully saturated rings. The van der Waals surface area contributed by atoms with E-state index in [0.717, 1.165) is 16.9 Å². The fourth-order valence-corrected chi connectivity index (χ4v) is 2.86. The number of aryl methyl sites for hydroxylation is 2. The molecule has 0 aliphatic rings. The van der Waals surface area contributed by atoms with Crippen molar-refractivity contribution in [3.8, 4) is 11.5 Å². The monoisotopic (exact) mass is 431 g/mol. The van der Waals surface area contributed by atoms with E-state index in [1.165, 1.54) is 19.2 Å². The molecule has 0 unspecified atom stereocenters. The summed E-state index contributed by atoms with van der Waals surface area (Å²) in [7, 11) is 1.43. The largest absolute Gasteiger partial charge is 0.457 e. The number of hydrogen-bond donors (Lipinski definition) is 1. The minimum Gasteiger partial charge on any atom is -0.457 e. The van der Waals surface area contributed by atoms with Crippen molar-refractivity contribution in [1.82, 2.24) is 9.78 Å². The van der Waals surface area contributed by atoms with Crippen LogP contribution in [-0.4, -0.2) is 25.5 Å². The average molecular weight is 432 g/mol. The molecular weight excluding hydrogens is 418 g/mol. The Labute approximate surface area is 174 Å². The minimum absolute atomic E-state index is 0.00997. The van der Waals surface area contributed by atoms with Crippen LogP contribution in [0.3, 0.4) is 0 Å². The zero-order valence-electron chi connectivity index (χ0n) is 15.7. The topological polar surface area (TPSA) is 142 Å². The van der Waals surface area contributed by atoms with E-state index in [1.807, 2.05) is 0 Å². The predicted molar refractivity (Wildman–Crippen MR) is 107 cm³/mol. The first-order chi connectivity index (χ1) is 14.1. The van der Waals surface area contributed by atoms with Crippen molar-refractivity contribution in [3.63, 3.8) is 0 Å². The fourth-order valence-electron chi connectivity index (χ4n) is 2.64. The molecule has 0 aliphatic carbocycles. The number of benzene rings is 2. The second-order valence-corrected chi connectivity index (χ2v) is 6.67. The van der Waals surface area contributed by atoms with E-state index in [2.05, 4.69) is 10.4 Å². The molecule has 0 saturated heterocycles. The van der Waals surface area contributed by atoms with Crippen molar-refractivity contribution in [2.75, 3.05) is 5.32 Å². The highest BCUT2D eigenvalue weighted by molar-refractivity contribution is 6.30. The van der Waals surface area contributed by atoms with E-state index in [1.54, 1.807) is 25.1 Å². The Morgan fingerprint density at radius 1 is 1.17 bits per heavy atom. The van der Waals surface area contributed by atoms with Crippen LogP contribution < -0.4 is 10.1 Å². The van der Waals surface area contributed by atoms with Crippen molar-refractivity contribution in [2.24, 2.45) is 7.05 Å². The summed E-state index contributed by atoms with van der Waals surface area (Å²) in [6.45, 7) is 1.75. The lowest BCUT2D eigenvalue weighted by Gasteiger charge is -2.11. The van der Waals surface area contributed by atoms with Crippen LogP contribution in [-0.2, 0) is 7.05 Å². The third-order valence-corrected chi connectivity index (χ3v) is 4.18. The smallest absolute Gasteiger partial charge is 0.320 e. The number of rotatable bonds is 6. The maximum Gasteiger partial charge on any atom is 0.320 e. The van der Waals surface area contributed by atoms with E-state index in [4.69, 9.17) is 16.3 Å². The van der Waals surface area contributed by atoms with Gasteiger partial charge in [-0.3, -0.25) is 29.7 Å². The van der Waals surface area contributed by atoms with Crippen LogP contribution in [0, 0.1) is 27.2 Å². The lowest BCUT2D eigenvalue weighted by Crippen LogP contribution is -2.14. The van der Waals surface area contributed by atoms with Crippen LogP contribution in [0.25, 0.3) is 0 Å². The van der Waals surface area contributed by atoms with E-state index >= 15 is 0 Å². The molecule has 1 aromatic heterocycles. The predicted octanol–water partition coefficient (Wildman–Crippen LogP) is 4.24. The number of aromatic nitrogens is 2. The molecule has 0 atom stereocenters. The van der Waals surface area contributed by atoms with Gasteiger partial charge in [0.1, 0.15) is 17.7 Å². The number of carbonyl (C=O) groups excluding carboxylic acids is 1. The summed E-state index contributed by atoms with van der Waals surface area (Å²) in [4.78, 5) is 33.5. The highest BCUT2D eigenvalue weighted by Gasteiger charge is 2.25. The van der Waals surface area contributed by atoms with Crippen molar-refractivity contribution in [1.29, 1.82) is 0 Å². The summed E-state index contributed by atoms with van der Waals surface area (Å²) in [5.74, 6) is -0.394. The Kier molecular flexibility index (Phi) is 5.65. The maximum absolute atomic E-state index is 12.5. The number of nitro groups is 2. The number of nitro benzene ring substituents is 1. The molecular formula is C18H14ClN5O6. The van der Waals surface area contributed by atoms with Crippen LogP contribution in [0.15, 0.2) is 42.6 Å². The Hall–Kier alpha value is -3.99. The molecule has 3 rings (SSSR count). The van der Waals surface area contributed by atoms with Gasteiger partial charge in [-0.05, 0) is 30.7 Å². The summed E-state index contributed by atoms with van der Waals surface area (Å²) in [6, 6.07) is 8.52. The van der Waals surface area contributed by atoms with Crippen LogP contribution in [0.5, 0.6) is 11.5 Å². The molecule has 0 bridgehead atoms. The number of nitrogens with zero attached hydrogens (tertiary/aromatic N) is 4. The Bertz CT molecular complexity index is 1180. The summed E-state index contributed by atoms with van der Waals surface area (Å²) in [5, 5.41) is 29.1. The van der Waals surface area contributed by atoms with Crippen LogP contribution in [0.2, 0.25) is 5.02 Å². The van der Waals surface area contributed by atoms with E-state index in [-0.39, 0.29) is 17.1 Å². The first-order valence-electron chi connectivity index (χ1n) is 8.37. The van der Waals surface area contributed by atoms with Crippen molar-refractivity contribution < 1.29 is 19.4 Å². The van der Waals surface area contributed by atoms with Gasteiger partial charge < -0.3 is 10.1 Å². The van der Waals surface area contributed by atoms with Crippen molar-refractivity contribution in [2.45, 2.75) is 6.92 Å². The molecule has 3 aromatic rings. The molecule has 11 nitrogen and oxygen atoms in total. The Balaban J connectivity index is 1.94. The number of non-ortho nitro benzene ring substituents is 1. The summed E-state index contributed by atoms with van der Waals surface area (Å²) in [6.07, 6.45) is 1.08. The van der Waals surface area contributed by atoms with E-state index in [0.29, 0.717) is 16.3 Å². The number of nitrogens with one attached hydrogen (secondary N) is 1. The van der Waals surface area contributed by atoms with Crippen LogP contribution in [0.4, 0.5) is 17.1 Å². The van der Waals surface area contributed by atoms with Crippen LogP contribution >= 0.6 is 11.6 Å². The third kappa shape index (κ3) is 4.52. The molecule has 30 heavy (non-hydrogen) atoms. The number of hydrogen-bond acceptors (Lipinski definition) is 7. The fraction of sp³-hybridized carbons (Fsp3) is 0.111. The molecule has 2 aromatic carbocycles. The van der Waals surface area contributed by atoms with Gasteiger partial charge in [-0.1, -0.05) is 11.6 Å². The first-order valence-corrected chi connectivity index (χ1v) is 8.74. The van der Waals surface area contributed by atoms with Crippen molar-refractivity contribution in [3.05, 3.63) is 79.1 Å². The number of halogens is 1. The minimum atomic E-state index is -0.892. The molecule has 1 amide bonds. The SMILES string of the molecule is Cc1cc(Cl)ccc1Oc1cc(NC(=O)c2nn(C)cc2[N+](=O)[O-])cc([N+](=O)[O-])c1. The number of carbonyl (C=O) groups is 1. The van der Waals surface area contributed by atoms with Gasteiger partial charge in [0.15, 0.2) is 0 Å². The van der Waals surface area contributed by atoms with Crippen molar-refractivity contribution >= 4 is 34.6 Å². The molecule has 0 aliphatic heterocycles. The highest BCUT2D eigenvalue weighted by Crippen LogP contribution is 2.32. The van der Waals surface area contributed by atoms with Gasteiger partial charge in [0.2, 0.25) is 5.69 Å². The lowest BCUT2D eigenvalue weighted by atomic mass is 10.2. The quantitative estimate of drug-likeness (QED) is 0.454. The Morgan fingerprint density at radius 2 is 1.90 bits per heavy atom. The summed E-state index contributed by atoms with van der Waals surface area (Å²) in [5.41, 5.74) is -0.553. The number of amides is 1. The maximum atomic E-state index is 12.5. The van der Waals surface area contributed by atoms with E-state index < -0.39 is 27.1 Å². The molecule has 0 spiro atoms. The average Bonchev–Trinajstić information content (AvgIpc) is 3.06. The second-order valence-electron chi connectivity index (χ2n) is 6.23. The molecule has 0 saturated carbocycles. The van der Waals surface area contributed by atoms with Crippen LogP contribution in [0.1, 0.15) is 16.1 Å². The summed E-state index contributed by atoms with van der Waals surface area (Å²) < 4.78 is 6.83. The first kappa shape index (κ1) is 20.7. The second kappa shape index (κ2) is 8.17. The highest BCUT2D eigenvalue weighted by atomic mass is 35.5. The molecule has 1 heterocycles. The van der Waals surface area contributed by atoms with Gasteiger partial charge in [0.05, 0.1) is 21.6 Å². The standard InChI is InChI=1S/C18H14ClN5O6/c1-10-5-11(19)3-4-16(10)30-14-7-12(6-13(8-14)23(26)27)20-18(25)17-15(24(28)29)9-22(2)21-17/h3-9H,1-2H3,(H,20,25). The zero-order valence-corrected chi connectivity index (χ0v) is 16.4. The van der Waals surface area contributed by atoms with E-state index in [9.17, 15) is 25.0 Å². The van der Waals surface area contributed by atoms with Gasteiger partial charge in [0, 0.05) is 24.2 Å². The number of ether oxygens (including phenoxy) is 1. The van der Waals surface area contributed by atoms with Gasteiger partial charge in [-0.15, -0.1) is 0 Å². The van der Waals surface area contributed by atoms with Gasteiger partial charge in [-0.25, -0.2) is 0 Å². The lowest BCUT2D eigenvalue weighted by molar-refractivity contribution is -0.385. The van der Waals surface area contributed by atoms with Gasteiger partial charge >= 0.3 is 5.69 Å². The Morgan fingerprint density at radius 3 is 2.53 bits per heavy atom. The summed E-state index contributed by atoms with van der Waals surface area (Å²) >= 11 is 5.92. The third-order valence-electron chi connectivity index (χ3n) is 3.95. The van der Waals surface area contributed by atoms with Gasteiger partial charge in [-0.2, -0.15) is 5.10 Å². The number of anilines is 1. The molecule has 12 heteroatoms. The zero-order chi connectivity index (χ0) is 22.0.